The molecule has 1 nitrogen and oxygen atoms in total. The number of aryl methyl sites for hydroxylation is 1. The summed E-state index contributed by atoms with van der Waals surface area (Å²) in [4.78, 5) is 0. The molecule has 16 heavy (non-hydrogen) atoms. The molecule has 1 aliphatic carbocycles. The summed E-state index contributed by atoms with van der Waals surface area (Å²) in [5.41, 5.74) is 3.09. The molecule has 0 bridgehead atoms. The lowest BCUT2D eigenvalue weighted by molar-refractivity contribution is 0.302. The molecule has 0 radical (unpaired) electrons. The molecule has 1 fully saturated rings. The maximum absolute atomic E-state index is 5.84. The van der Waals surface area contributed by atoms with Gasteiger partial charge in [-0.15, -0.1) is 0 Å². The fourth-order valence-corrected chi connectivity index (χ4v) is 2.05. The van der Waals surface area contributed by atoms with E-state index in [0.29, 0.717) is 6.10 Å². The number of hydrogen-bond acceptors (Lipinski definition) is 1. The van der Waals surface area contributed by atoms with Gasteiger partial charge in [-0.3, -0.25) is 0 Å². The van der Waals surface area contributed by atoms with Crippen molar-refractivity contribution >= 4 is 0 Å². The fourth-order valence-electron chi connectivity index (χ4n) is 2.05. The second kappa shape index (κ2) is 4.12. The summed E-state index contributed by atoms with van der Waals surface area (Å²) in [6.07, 6.45) is 4.02. The van der Waals surface area contributed by atoms with E-state index in [1.165, 1.54) is 24.0 Å². The Hall–Kier alpha value is -0.980. The maximum Gasteiger partial charge on any atom is 0.120 e. The van der Waals surface area contributed by atoms with Crippen molar-refractivity contribution in [2.45, 2.75) is 58.5 Å². The summed E-state index contributed by atoms with van der Waals surface area (Å²) in [5, 5.41) is 0. The van der Waals surface area contributed by atoms with Crippen molar-refractivity contribution < 1.29 is 4.74 Å². The molecule has 0 heterocycles. The van der Waals surface area contributed by atoms with E-state index < -0.39 is 0 Å². The molecule has 88 valence electrons. The van der Waals surface area contributed by atoms with Crippen LogP contribution in [0.2, 0.25) is 0 Å². The molecule has 1 aliphatic rings. The van der Waals surface area contributed by atoms with Gasteiger partial charge in [0.15, 0.2) is 0 Å². The molecule has 0 unspecified atom stereocenters. The zero-order valence-electron chi connectivity index (χ0n) is 10.8. The third kappa shape index (κ3) is 2.58. The Bertz CT molecular complexity index is 370. The van der Waals surface area contributed by atoms with Gasteiger partial charge in [0, 0.05) is 0 Å². The predicted molar refractivity (Wildman–Crippen MR) is 68.2 cm³/mol. The molecular weight excluding hydrogens is 196 g/mol. The van der Waals surface area contributed by atoms with Gasteiger partial charge in [-0.2, -0.15) is 0 Å². The maximum atomic E-state index is 5.84. The summed E-state index contributed by atoms with van der Waals surface area (Å²) in [5.74, 6) is 1.05. The van der Waals surface area contributed by atoms with E-state index in [4.69, 9.17) is 4.74 Å². The molecular formula is C15H22O. The van der Waals surface area contributed by atoms with Crippen LogP contribution in [0.3, 0.4) is 0 Å². The minimum atomic E-state index is 0.226. The van der Waals surface area contributed by atoms with Crippen molar-refractivity contribution in [2.75, 3.05) is 0 Å². The lowest BCUT2D eigenvalue weighted by Crippen LogP contribution is -2.14. The van der Waals surface area contributed by atoms with Gasteiger partial charge in [-0.25, -0.2) is 0 Å². The van der Waals surface area contributed by atoms with Crippen molar-refractivity contribution in [3.63, 3.8) is 0 Å². The van der Waals surface area contributed by atoms with Gasteiger partial charge in [-0.1, -0.05) is 33.8 Å². The highest BCUT2D eigenvalue weighted by atomic mass is 16.5. The highest BCUT2D eigenvalue weighted by molar-refractivity contribution is 5.39. The topological polar surface area (TPSA) is 9.23 Å². The minimum Gasteiger partial charge on any atom is -0.490 e. The van der Waals surface area contributed by atoms with Gasteiger partial charge >= 0.3 is 0 Å². The summed E-state index contributed by atoms with van der Waals surface area (Å²) in [7, 11) is 0. The largest absolute Gasteiger partial charge is 0.490 e. The summed E-state index contributed by atoms with van der Waals surface area (Å²) in [6.45, 7) is 9.01. The standard InChI is InChI=1S/C15H22O/c1-5-11-10-13(16-12-6-7-12)8-9-14(11)15(2,3)4/h8-10,12H,5-7H2,1-4H3. The highest BCUT2D eigenvalue weighted by Gasteiger charge is 2.24. The van der Waals surface area contributed by atoms with Crippen molar-refractivity contribution in [3.8, 4) is 5.75 Å². The molecule has 0 aromatic heterocycles. The molecule has 0 atom stereocenters. The summed E-state index contributed by atoms with van der Waals surface area (Å²) >= 11 is 0. The van der Waals surface area contributed by atoms with Crippen LogP contribution in [0.1, 0.15) is 51.7 Å². The Morgan fingerprint density at radius 1 is 1.25 bits per heavy atom. The van der Waals surface area contributed by atoms with E-state index in [1.807, 2.05) is 0 Å². The van der Waals surface area contributed by atoms with E-state index >= 15 is 0 Å². The average molecular weight is 218 g/mol. The zero-order chi connectivity index (χ0) is 11.8. The molecule has 0 spiro atoms. The van der Waals surface area contributed by atoms with Crippen molar-refractivity contribution in [2.24, 2.45) is 0 Å². The molecule has 0 amide bonds. The minimum absolute atomic E-state index is 0.226. The monoisotopic (exact) mass is 218 g/mol. The molecule has 0 saturated heterocycles. The average Bonchev–Trinajstić information content (AvgIpc) is 3.00. The molecule has 1 aromatic carbocycles. The second-order valence-electron chi connectivity index (χ2n) is 5.74. The molecule has 0 N–H and O–H groups in total. The number of ether oxygens (including phenoxy) is 1. The number of hydrogen-bond donors (Lipinski definition) is 0. The SMILES string of the molecule is CCc1cc(OC2CC2)ccc1C(C)(C)C. The lowest BCUT2D eigenvalue weighted by atomic mass is 9.83. The Kier molecular flexibility index (Phi) is 2.96. The Morgan fingerprint density at radius 3 is 2.44 bits per heavy atom. The molecule has 0 aliphatic heterocycles. The highest BCUT2D eigenvalue weighted by Crippen LogP contribution is 2.32. The lowest BCUT2D eigenvalue weighted by Gasteiger charge is -2.23. The third-order valence-corrected chi connectivity index (χ3v) is 3.09. The van der Waals surface area contributed by atoms with Gasteiger partial charge in [0.25, 0.3) is 0 Å². The van der Waals surface area contributed by atoms with Crippen LogP contribution in [0.5, 0.6) is 5.75 Å². The van der Waals surface area contributed by atoms with Gasteiger partial charge in [0.1, 0.15) is 5.75 Å². The van der Waals surface area contributed by atoms with Crippen LogP contribution in [0, 0.1) is 0 Å². The van der Waals surface area contributed by atoms with Crippen LogP contribution in [-0.4, -0.2) is 6.10 Å². The summed E-state index contributed by atoms with van der Waals surface area (Å²) < 4.78 is 5.84. The van der Waals surface area contributed by atoms with Crippen molar-refractivity contribution in [1.29, 1.82) is 0 Å². The normalized spacial score (nSPS) is 16.2. The first-order valence-corrected chi connectivity index (χ1v) is 6.31. The summed E-state index contributed by atoms with van der Waals surface area (Å²) in [6, 6.07) is 6.58. The van der Waals surface area contributed by atoms with Crippen LogP contribution in [0.25, 0.3) is 0 Å². The van der Waals surface area contributed by atoms with Crippen LogP contribution in [-0.2, 0) is 11.8 Å². The first kappa shape index (κ1) is 11.5. The van der Waals surface area contributed by atoms with Gasteiger partial charge in [-0.05, 0) is 47.9 Å². The Labute approximate surface area is 98.8 Å². The zero-order valence-corrected chi connectivity index (χ0v) is 10.8. The Morgan fingerprint density at radius 2 is 1.94 bits per heavy atom. The van der Waals surface area contributed by atoms with Crippen molar-refractivity contribution in [3.05, 3.63) is 29.3 Å². The van der Waals surface area contributed by atoms with E-state index in [2.05, 4.69) is 45.9 Å². The number of benzene rings is 1. The van der Waals surface area contributed by atoms with E-state index in [1.54, 1.807) is 0 Å². The molecule has 1 saturated carbocycles. The molecule has 2 rings (SSSR count). The number of rotatable bonds is 3. The quantitative estimate of drug-likeness (QED) is 0.742. The Balaban J connectivity index is 2.26. The smallest absolute Gasteiger partial charge is 0.120 e. The third-order valence-electron chi connectivity index (χ3n) is 3.09. The van der Waals surface area contributed by atoms with Crippen LogP contribution in [0.15, 0.2) is 18.2 Å². The fraction of sp³-hybridized carbons (Fsp3) is 0.600. The first-order valence-electron chi connectivity index (χ1n) is 6.31. The second-order valence-corrected chi connectivity index (χ2v) is 5.74. The van der Waals surface area contributed by atoms with Gasteiger partial charge in [0.2, 0.25) is 0 Å². The van der Waals surface area contributed by atoms with E-state index in [0.717, 1.165) is 12.2 Å². The van der Waals surface area contributed by atoms with Gasteiger partial charge in [0.05, 0.1) is 6.10 Å². The van der Waals surface area contributed by atoms with Gasteiger partial charge < -0.3 is 4.74 Å². The van der Waals surface area contributed by atoms with Crippen molar-refractivity contribution in [1.82, 2.24) is 0 Å². The van der Waals surface area contributed by atoms with Crippen LogP contribution >= 0.6 is 0 Å². The molecule has 1 aromatic rings. The first-order chi connectivity index (χ1) is 7.50. The van der Waals surface area contributed by atoms with E-state index in [-0.39, 0.29) is 5.41 Å². The molecule has 1 heteroatoms. The van der Waals surface area contributed by atoms with E-state index in [9.17, 15) is 0 Å². The van der Waals surface area contributed by atoms with Crippen LogP contribution < -0.4 is 4.74 Å². The van der Waals surface area contributed by atoms with Crippen LogP contribution in [0.4, 0.5) is 0 Å². The predicted octanol–water partition coefficient (Wildman–Crippen LogP) is 4.09.